The van der Waals surface area contributed by atoms with E-state index in [0.29, 0.717) is 22.6 Å². The number of hydrogen-bond donors (Lipinski definition) is 0. The molecule has 0 bridgehead atoms. The second-order valence-electron chi connectivity index (χ2n) is 8.94. The van der Waals surface area contributed by atoms with Gasteiger partial charge in [-0.25, -0.2) is 4.79 Å². The van der Waals surface area contributed by atoms with Crippen molar-refractivity contribution in [1.29, 1.82) is 0 Å². The molecule has 0 radical (unpaired) electrons. The van der Waals surface area contributed by atoms with Gasteiger partial charge in [-0.05, 0) is 47.4 Å². The number of esters is 1. The molecule has 0 N–H and O–H groups in total. The smallest absolute Gasteiger partial charge is 0.343 e. The largest absolute Gasteiger partial charge is 0.496 e. The van der Waals surface area contributed by atoms with Crippen molar-refractivity contribution in [2.45, 2.75) is 26.2 Å². The summed E-state index contributed by atoms with van der Waals surface area (Å²) in [6.07, 6.45) is 5.18. The van der Waals surface area contributed by atoms with Crippen LogP contribution in [0.1, 0.15) is 52.6 Å². The Bertz CT molecular complexity index is 1290. The number of ether oxygens (including phenoxy) is 3. The Hall–Kier alpha value is -4.12. The van der Waals surface area contributed by atoms with E-state index < -0.39 is 5.97 Å². The van der Waals surface area contributed by atoms with E-state index in [-0.39, 0.29) is 17.0 Å². The SMILES string of the molecule is COc1ccccc1C=CC=C1Oc2cc(OC(=O)c3ccc(C(C)(C)C)cc3)ccc2C1=O. The Morgan fingerprint density at radius 2 is 1.71 bits per heavy atom. The van der Waals surface area contributed by atoms with Crippen molar-refractivity contribution in [2.75, 3.05) is 7.11 Å². The van der Waals surface area contributed by atoms with Gasteiger partial charge in [0, 0.05) is 11.6 Å². The summed E-state index contributed by atoms with van der Waals surface area (Å²) in [6, 6.07) is 19.7. The van der Waals surface area contributed by atoms with Crippen molar-refractivity contribution >= 4 is 17.8 Å². The standard InChI is InChI=1S/C29H26O5/c1-29(2,3)21-14-12-20(13-15-21)28(31)33-22-16-17-23-26(18-22)34-25(27(23)30)11-7-9-19-8-5-6-10-24(19)32-4/h5-18H,1-4H3. The minimum Gasteiger partial charge on any atom is -0.496 e. The Morgan fingerprint density at radius 1 is 0.971 bits per heavy atom. The zero-order valence-electron chi connectivity index (χ0n) is 19.6. The highest BCUT2D eigenvalue weighted by Crippen LogP contribution is 2.34. The van der Waals surface area contributed by atoms with Gasteiger partial charge in [0.1, 0.15) is 17.2 Å². The van der Waals surface area contributed by atoms with Crippen LogP contribution in [0.2, 0.25) is 0 Å². The van der Waals surface area contributed by atoms with Gasteiger partial charge >= 0.3 is 5.97 Å². The molecule has 172 valence electrons. The van der Waals surface area contributed by atoms with Crippen LogP contribution in [0, 0.1) is 0 Å². The summed E-state index contributed by atoms with van der Waals surface area (Å²) < 4.78 is 16.6. The number of fused-ring (bicyclic) bond motifs is 1. The quantitative estimate of drug-likeness (QED) is 0.254. The second-order valence-corrected chi connectivity index (χ2v) is 8.94. The van der Waals surface area contributed by atoms with Gasteiger partial charge in [0.2, 0.25) is 5.78 Å². The van der Waals surface area contributed by atoms with E-state index in [9.17, 15) is 9.59 Å². The predicted molar refractivity (Wildman–Crippen MR) is 132 cm³/mol. The van der Waals surface area contributed by atoms with Gasteiger partial charge in [0.15, 0.2) is 5.76 Å². The highest BCUT2D eigenvalue weighted by molar-refractivity contribution is 6.12. The zero-order valence-corrected chi connectivity index (χ0v) is 19.6. The summed E-state index contributed by atoms with van der Waals surface area (Å²) in [7, 11) is 1.61. The van der Waals surface area contributed by atoms with Gasteiger partial charge in [-0.1, -0.05) is 63.3 Å². The van der Waals surface area contributed by atoms with E-state index in [1.807, 2.05) is 42.5 Å². The molecule has 34 heavy (non-hydrogen) atoms. The molecule has 5 nitrogen and oxygen atoms in total. The van der Waals surface area contributed by atoms with Crippen LogP contribution in [-0.4, -0.2) is 18.9 Å². The summed E-state index contributed by atoms with van der Waals surface area (Å²) in [5.41, 5.74) is 2.89. The molecule has 0 aromatic heterocycles. The third-order valence-electron chi connectivity index (χ3n) is 5.50. The molecule has 5 heteroatoms. The van der Waals surface area contributed by atoms with Crippen LogP contribution in [0.25, 0.3) is 6.08 Å². The lowest BCUT2D eigenvalue weighted by atomic mass is 9.87. The van der Waals surface area contributed by atoms with Crippen molar-refractivity contribution in [1.82, 2.24) is 0 Å². The van der Waals surface area contributed by atoms with Crippen molar-refractivity contribution in [3.63, 3.8) is 0 Å². The van der Waals surface area contributed by atoms with Crippen molar-refractivity contribution in [3.8, 4) is 17.2 Å². The van der Waals surface area contributed by atoms with Crippen LogP contribution in [-0.2, 0) is 5.41 Å². The Balaban J connectivity index is 1.46. The molecule has 0 saturated carbocycles. The lowest BCUT2D eigenvalue weighted by Crippen LogP contribution is -2.12. The van der Waals surface area contributed by atoms with Crippen molar-refractivity contribution in [2.24, 2.45) is 0 Å². The Morgan fingerprint density at radius 3 is 2.41 bits per heavy atom. The summed E-state index contributed by atoms with van der Waals surface area (Å²) in [6.45, 7) is 6.34. The number of para-hydroxylation sites is 1. The minimum atomic E-state index is -0.472. The van der Waals surface area contributed by atoms with Crippen LogP contribution in [0.4, 0.5) is 0 Å². The number of carbonyl (C=O) groups is 2. The maximum absolute atomic E-state index is 12.7. The zero-order chi connectivity index (χ0) is 24.3. The van der Waals surface area contributed by atoms with Crippen molar-refractivity contribution < 1.29 is 23.8 Å². The van der Waals surface area contributed by atoms with E-state index in [4.69, 9.17) is 14.2 Å². The van der Waals surface area contributed by atoms with Crippen LogP contribution in [0.3, 0.4) is 0 Å². The molecule has 0 saturated heterocycles. The molecule has 0 spiro atoms. The van der Waals surface area contributed by atoms with Crippen LogP contribution < -0.4 is 14.2 Å². The van der Waals surface area contributed by atoms with Crippen LogP contribution in [0.5, 0.6) is 17.2 Å². The molecule has 1 aliphatic rings. The number of carbonyl (C=O) groups excluding carboxylic acids is 2. The van der Waals surface area contributed by atoms with Gasteiger partial charge < -0.3 is 14.2 Å². The molecule has 3 aromatic carbocycles. The van der Waals surface area contributed by atoms with E-state index in [1.165, 1.54) is 0 Å². The minimum absolute atomic E-state index is 0.000126. The van der Waals surface area contributed by atoms with Crippen LogP contribution >= 0.6 is 0 Å². The highest BCUT2D eigenvalue weighted by atomic mass is 16.5. The van der Waals surface area contributed by atoms with Gasteiger partial charge in [0.05, 0.1) is 18.2 Å². The number of allylic oxidation sites excluding steroid dienone is 3. The lowest BCUT2D eigenvalue weighted by molar-refractivity contribution is 0.0734. The normalized spacial score (nSPS) is 14.2. The topological polar surface area (TPSA) is 61.8 Å². The number of benzene rings is 3. The fourth-order valence-corrected chi connectivity index (χ4v) is 3.56. The third-order valence-corrected chi connectivity index (χ3v) is 5.50. The number of methoxy groups -OCH3 is 1. The van der Waals surface area contributed by atoms with Gasteiger partial charge in [-0.15, -0.1) is 0 Å². The average molecular weight is 455 g/mol. The molecular weight excluding hydrogens is 428 g/mol. The van der Waals surface area contributed by atoms with Crippen LogP contribution in [0.15, 0.2) is 84.6 Å². The second kappa shape index (κ2) is 9.40. The molecule has 0 amide bonds. The maximum Gasteiger partial charge on any atom is 0.343 e. The molecule has 0 fully saturated rings. The number of rotatable bonds is 5. The van der Waals surface area contributed by atoms with Gasteiger partial charge in [0.25, 0.3) is 0 Å². The molecule has 0 aliphatic carbocycles. The predicted octanol–water partition coefficient (Wildman–Crippen LogP) is 6.38. The molecule has 1 aliphatic heterocycles. The Kier molecular flexibility index (Phi) is 6.37. The summed E-state index contributed by atoms with van der Waals surface area (Å²) in [5, 5.41) is 0. The molecule has 1 heterocycles. The number of ketones is 1. The first-order chi connectivity index (χ1) is 16.3. The summed E-state index contributed by atoms with van der Waals surface area (Å²) >= 11 is 0. The van der Waals surface area contributed by atoms with E-state index in [2.05, 4.69) is 20.8 Å². The lowest BCUT2D eigenvalue weighted by Gasteiger charge is -2.18. The Labute approximate surface area is 199 Å². The van der Waals surface area contributed by atoms with Gasteiger partial charge in [-0.2, -0.15) is 0 Å². The fourth-order valence-electron chi connectivity index (χ4n) is 3.56. The summed E-state index contributed by atoms with van der Waals surface area (Å²) in [4.78, 5) is 25.2. The molecule has 4 rings (SSSR count). The summed E-state index contributed by atoms with van der Waals surface area (Å²) in [5.74, 6) is 0.897. The average Bonchev–Trinajstić information content (AvgIpc) is 3.13. The third kappa shape index (κ3) is 4.94. The maximum atomic E-state index is 12.7. The molecular formula is C29H26O5. The first kappa shape index (κ1) is 23.1. The van der Waals surface area contributed by atoms with Crippen molar-refractivity contribution in [3.05, 3.63) is 107 Å². The molecule has 0 unspecified atom stereocenters. The highest BCUT2D eigenvalue weighted by Gasteiger charge is 2.27. The molecule has 0 atom stereocenters. The molecule has 3 aromatic rings. The first-order valence-electron chi connectivity index (χ1n) is 11.0. The fraction of sp³-hybridized carbons (Fsp3) is 0.172. The first-order valence-corrected chi connectivity index (χ1v) is 11.0. The number of hydrogen-bond acceptors (Lipinski definition) is 5. The van der Waals surface area contributed by atoms with E-state index in [0.717, 1.165) is 16.9 Å². The van der Waals surface area contributed by atoms with E-state index >= 15 is 0 Å². The monoisotopic (exact) mass is 454 g/mol. The number of Topliss-reactive ketones (excluding diaryl/α,β-unsaturated/α-hetero) is 1. The van der Waals surface area contributed by atoms with Gasteiger partial charge in [-0.3, -0.25) is 4.79 Å². The van der Waals surface area contributed by atoms with E-state index in [1.54, 1.807) is 49.6 Å².